The summed E-state index contributed by atoms with van der Waals surface area (Å²) in [5.41, 5.74) is 7.99. The van der Waals surface area contributed by atoms with Crippen molar-refractivity contribution in [1.82, 2.24) is 15.1 Å². The van der Waals surface area contributed by atoms with Gasteiger partial charge in [0, 0.05) is 23.6 Å². The molecule has 1 saturated heterocycles. The highest BCUT2D eigenvalue weighted by atomic mass is 16.4. The van der Waals surface area contributed by atoms with Crippen LogP contribution in [0.4, 0.5) is 10.5 Å². The largest absolute Gasteiger partial charge is 0.481 e. The van der Waals surface area contributed by atoms with Crippen LogP contribution in [-0.2, 0) is 24.0 Å². The lowest BCUT2D eigenvalue weighted by Gasteiger charge is -2.46. The topological polar surface area (TPSA) is 230 Å². The molecule has 2 rings (SSSR count). The summed E-state index contributed by atoms with van der Waals surface area (Å²) in [5.74, 6) is -6.56. The number of nitrogens with zero attached hydrogens (tertiary/aromatic N) is 5. The van der Waals surface area contributed by atoms with E-state index in [9.17, 15) is 39.0 Å². The number of carbonyl (C=O) groups is 6. The third-order valence-electron chi connectivity index (χ3n) is 7.41. The van der Waals surface area contributed by atoms with Crippen LogP contribution in [-0.4, -0.2) is 86.0 Å². The Morgan fingerprint density at radius 3 is 2.00 bits per heavy atom. The van der Waals surface area contributed by atoms with Crippen LogP contribution in [0.3, 0.4) is 0 Å². The van der Waals surface area contributed by atoms with Crippen molar-refractivity contribution in [2.24, 2.45) is 10.5 Å². The summed E-state index contributed by atoms with van der Waals surface area (Å²) in [6, 6.07) is 2.02. The SMILES string of the molecule is CCC1(CC)C(=O)N([C@@H](CCCCNCC=Cc2ccc(N=[N+]=[N-])cc2)C(=O)O)C(=O)N([C@@H](CCC(=O)O)C(=O)O)C1=O. The molecule has 2 atom stereocenters. The van der Waals surface area contributed by atoms with Crippen LogP contribution in [0, 0.1) is 5.41 Å². The predicted octanol–water partition coefficient (Wildman–Crippen LogP) is 3.77. The first-order valence-electron chi connectivity index (χ1n) is 13.9. The van der Waals surface area contributed by atoms with Crippen molar-refractivity contribution < 1.29 is 44.1 Å². The van der Waals surface area contributed by atoms with Gasteiger partial charge in [-0.2, -0.15) is 0 Å². The molecule has 4 amide bonds. The fourth-order valence-electron chi connectivity index (χ4n) is 4.91. The number of carboxylic acid groups (broad SMARTS) is 3. The van der Waals surface area contributed by atoms with Crippen molar-refractivity contribution in [3.63, 3.8) is 0 Å². The number of benzene rings is 1. The zero-order valence-corrected chi connectivity index (χ0v) is 24.0. The minimum atomic E-state index is -1.89. The Hall–Kier alpha value is -4.75. The van der Waals surface area contributed by atoms with E-state index in [1.54, 1.807) is 24.3 Å². The lowest BCUT2D eigenvalue weighted by atomic mass is 9.77. The highest BCUT2D eigenvalue weighted by Crippen LogP contribution is 2.39. The first-order chi connectivity index (χ1) is 20.4. The molecule has 0 aliphatic carbocycles. The van der Waals surface area contributed by atoms with Gasteiger partial charge < -0.3 is 20.6 Å². The second kappa shape index (κ2) is 16.0. The molecule has 15 heteroatoms. The summed E-state index contributed by atoms with van der Waals surface area (Å²) in [6.07, 6.45) is 2.86. The standard InChI is InChI=1S/C28H36N6O9/c1-3-28(4-2)25(41)33(27(43)34(26(28)42)21(24(39)40)14-15-22(35)36)20(23(37)38)9-5-6-16-30-17-7-8-18-10-12-19(13-11-18)31-32-29/h7-8,10-13,20-21,30H,3-6,9,14-17H2,1-2H3,(H,35,36)(H,37,38)(H,39,40)/t20-,21-/m0/s1. The van der Waals surface area contributed by atoms with E-state index in [1.165, 1.54) is 13.8 Å². The summed E-state index contributed by atoms with van der Waals surface area (Å²) in [6.45, 7) is 4.01. The maximum absolute atomic E-state index is 13.6. The number of hydrogen-bond donors (Lipinski definition) is 4. The number of unbranched alkanes of at least 4 members (excludes halogenated alkanes) is 1. The predicted molar refractivity (Wildman–Crippen MR) is 153 cm³/mol. The number of urea groups is 1. The molecule has 0 spiro atoms. The summed E-state index contributed by atoms with van der Waals surface area (Å²) in [5, 5.41) is 35.5. The van der Waals surface area contributed by atoms with Gasteiger partial charge in [-0.25, -0.2) is 24.2 Å². The van der Waals surface area contributed by atoms with Gasteiger partial charge in [-0.3, -0.25) is 14.4 Å². The van der Waals surface area contributed by atoms with Gasteiger partial charge in [0.1, 0.15) is 17.5 Å². The Morgan fingerprint density at radius 2 is 1.51 bits per heavy atom. The third-order valence-corrected chi connectivity index (χ3v) is 7.41. The molecule has 1 aromatic rings. The van der Waals surface area contributed by atoms with Crippen LogP contribution in [0.15, 0.2) is 35.5 Å². The Balaban J connectivity index is 2.11. The number of nitrogens with one attached hydrogen (secondary N) is 1. The number of carboxylic acids is 3. The van der Waals surface area contributed by atoms with Crippen molar-refractivity contribution in [1.29, 1.82) is 0 Å². The van der Waals surface area contributed by atoms with Crippen LogP contribution in [0.2, 0.25) is 0 Å². The average molecular weight is 601 g/mol. The maximum atomic E-state index is 13.6. The van der Waals surface area contributed by atoms with Gasteiger partial charge in [0.15, 0.2) is 0 Å². The first-order valence-corrected chi connectivity index (χ1v) is 13.9. The minimum Gasteiger partial charge on any atom is -0.481 e. The second-order valence-electron chi connectivity index (χ2n) is 9.95. The van der Waals surface area contributed by atoms with Crippen LogP contribution in [0.25, 0.3) is 16.5 Å². The number of imide groups is 2. The van der Waals surface area contributed by atoms with Gasteiger partial charge in [-0.1, -0.05) is 55.4 Å². The van der Waals surface area contributed by atoms with E-state index in [0.717, 1.165) is 5.56 Å². The molecule has 4 N–H and O–H groups in total. The summed E-state index contributed by atoms with van der Waals surface area (Å²) in [7, 11) is 0. The summed E-state index contributed by atoms with van der Waals surface area (Å²) in [4.78, 5) is 79.5. The lowest BCUT2D eigenvalue weighted by Crippen LogP contribution is -2.70. The van der Waals surface area contributed by atoms with E-state index in [0.29, 0.717) is 35.0 Å². The van der Waals surface area contributed by atoms with E-state index in [-0.39, 0.29) is 25.7 Å². The van der Waals surface area contributed by atoms with E-state index in [2.05, 4.69) is 15.3 Å². The van der Waals surface area contributed by atoms with Crippen molar-refractivity contribution in [2.45, 2.75) is 70.9 Å². The number of hydrogen-bond acceptors (Lipinski definition) is 8. The highest BCUT2D eigenvalue weighted by Gasteiger charge is 2.59. The van der Waals surface area contributed by atoms with E-state index in [1.807, 2.05) is 12.2 Å². The fraction of sp³-hybridized carbons (Fsp3) is 0.500. The number of barbiturate groups is 1. The number of rotatable bonds is 18. The molecule has 1 aromatic carbocycles. The smallest absolute Gasteiger partial charge is 0.335 e. The van der Waals surface area contributed by atoms with Gasteiger partial charge in [-0.15, -0.1) is 0 Å². The minimum absolute atomic E-state index is 0.117. The molecule has 0 saturated carbocycles. The van der Waals surface area contributed by atoms with Gasteiger partial charge >= 0.3 is 23.9 Å². The van der Waals surface area contributed by atoms with Gasteiger partial charge in [0.05, 0.1) is 0 Å². The van der Waals surface area contributed by atoms with Crippen molar-refractivity contribution in [3.8, 4) is 0 Å². The highest BCUT2D eigenvalue weighted by molar-refractivity contribution is 6.21. The quantitative estimate of drug-likeness (QED) is 0.0626. The Bertz CT molecular complexity index is 1290. The molecule has 1 aliphatic rings. The summed E-state index contributed by atoms with van der Waals surface area (Å²) < 4.78 is 0. The van der Waals surface area contributed by atoms with E-state index in [4.69, 9.17) is 10.6 Å². The van der Waals surface area contributed by atoms with Crippen LogP contribution in [0.5, 0.6) is 0 Å². The molecule has 1 aliphatic heterocycles. The zero-order chi connectivity index (χ0) is 32.2. The molecule has 1 fully saturated rings. The Morgan fingerprint density at radius 1 is 0.953 bits per heavy atom. The normalized spacial score (nSPS) is 16.2. The van der Waals surface area contributed by atoms with Crippen molar-refractivity contribution in [3.05, 3.63) is 46.3 Å². The summed E-state index contributed by atoms with van der Waals surface area (Å²) >= 11 is 0. The Kier molecular flexibility index (Phi) is 12.8. The van der Waals surface area contributed by atoms with Gasteiger partial charge in [0.25, 0.3) is 0 Å². The third kappa shape index (κ3) is 8.40. The number of amides is 4. The van der Waals surface area contributed by atoms with Gasteiger partial charge in [0.2, 0.25) is 11.8 Å². The van der Waals surface area contributed by atoms with Crippen LogP contribution < -0.4 is 5.32 Å². The van der Waals surface area contributed by atoms with E-state index >= 15 is 0 Å². The molecule has 0 unspecified atom stereocenters. The fourth-order valence-corrected chi connectivity index (χ4v) is 4.91. The molecule has 0 radical (unpaired) electrons. The zero-order valence-electron chi connectivity index (χ0n) is 24.0. The molecule has 43 heavy (non-hydrogen) atoms. The van der Waals surface area contributed by atoms with Gasteiger partial charge in [-0.05, 0) is 56.2 Å². The molecular weight excluding hydrogens is 564 g/mol. The number of azide groups is 1. The molecule has 0 aromatic heterocycles. The molecule has 232 valence electrons. The van der Waals surface area contributed by atoms with Crippen molar-refractivity contribution in [2.75, 3.05) is 13.1 Å². The number of carbonyl (C=O) groups excluding carboxylic acids is 3. The Labute approximate surface area is 247 Å². The number of aliphatic carboxylic acids is 3. The monoisotopic (exact) mass is 600 g/mol. The second-order valence-corrected chi connectivity index (χ2v) is 9.95. The first kappa shape index (κ1) is 34.5. The van der Waals surface area contributed by atoms with E-state index < -0.39 is 66.1 Å². The molecule has 0 bridgehead atoms. The maximum Gasteiger partial charge on any atom is 0.335 e. The van der Waals surface area contributed by atoms with Crippen LogP contribution >= 0.6 is 0 Å². The average Bonchev–Trinajstić information content (AvgIpc) is 2.96. The lowest BCUT2D eigenvalue weighted by molar-refractivity contribution is -0.170. The molecule has 15 nitrogen and oxygen atoms in total. The molecule has 1 heterocycles. The van der Waals surface area contributed by atoms with Crippen molar-refractivity contribution >= 4 is 47.5 Å². The van der Waals surface area contributed by atoms with Crippen LogP contribution in [0.1, 0.15) is 64.4 Å². The molecular formula is C28H36N6O9.